The van der Waals surface area contributed by atoms with E-state index in [1.165, 1.54) is 6.07 Å². The number of nitrogens with zero attached hydrogens (tertiary/aromatic N) is 3. The van der Waals surface area contributed by atoms with Gasteiger partial charge in [-0.1, -0.05) is 42.5 Å². The van der Waals surface area contributed by atoms with Gasteiger partial charge in [-0.05, 0) is 43.2 Å². The largest absolute Gasteiger partial charge is 0.396 e. The highest BCUT2D eigenvalue weighted by atomic mass is 32.2. The van der Waals surface area contributed by atoms with Gasteiger partial charge in [-0.2, -0.15) is 8.42 Å². The van der Waals surface area contributed by atoms with Crippen molar-refractivity contribution in [1.29, 1.82) is 0 Å². The van der Waals surface area contributed by atoms with E-state index in [2.05, 4.69) is 15.2 Å². The smallest absolute Gasteiger partial charge is 0.295 e. The second-order valence-electron chi connectivity index (χ2n) is 7.20. The topological polar surface area (TPSA) is 118 Å². The molecule has 0 atom stereocenters. The molecule has 0 radical (unpaired) electrons. The minimum Gasteiger partial charge on any atom is -0.396 e. The molecule has 0 unspecified atom stereocenters. The summed E-state index contributed by atoms with van der Waals surface area (Å²) in [6.45, 7) is 4.07. The number of aromatic nitrogens is 1. The normalized spacial score (nSPS) is 12.0. The zero-order valence-electron chi connectivity index (χ0n) is 16.9. The van der Waals surface area contributed by atoms with Crippen LogP contribution in [0.1, 0.15) is 11.1 Å². The van der Waals surface area contributed by atoms with Gasteiger partial charge < -0.3 is 5.73 Å². The molecule has 0 saturated heterocycles. The Labute approximate surface area is 180 Å². The quantitative estimate of drug-likeness (QED) is 0.241. The SMILES string of the molecule is Cc1cccc(C)c1-c1ccc(N=Nc2cc(S(=O)(=O)O)c3ccccc3c2N)cn1. The molecule has 1 heterocycles. The zero-order valence-corrected chi connectivity index (χ0v) is 17.8. The van der Waals surface area contributed by atoms with Crippen LogP contribution >= 0.6 is 0 Å². The maximum absolute atomic E-state index is 11.8. The highest BCUT2D eigenvalue weighted by Crippen LogP contribution is 2.36. The predicted octanol–water partition coefficient (Wildman–Crippen LogP) is 5.76. The standard InChI is InChI=1S/C23H20N4O3S/c1-14-6-5-7-15(2)22(14)19-11-10-16(13-25-19)26-27-20-12-21(31(28,29)30)17-8-3-4-9-18(17)23(20)24/h3-13H,24H2,1-2H3,(H,28,29,30). The summed E-state index contributed by atoms with van der Waals surface area (Å²) < 4.78 is 33.3. The van der Waals surface area contributed by atoms with Crippen molar-refractivity contribution in [3.8, 4) is 11.3 Å². The van der Waals surface area contributed by atoms with Crippen LogP contribution in [0.2, 0.25) is 0 Å². The Bertz CT molecular complexity index is 1410. The van der Waals surface area contributed by atoms with Crippen LogP contribution in [0.15, 0.2) is 82.0 Å². The summed E-state index contributed by atoms with van der Waals surface area (Å²) >= 11 is 0. The highest BCUT2D eigenvalue weighted by molar-refractivity contribution is 7.86. The van der Waals surface area contributed by atoms with E-state index >= 15 is 0 Å². The van der Waals surface area contributed by atoms with Crippen LogP contribution in [0, 0.1) is 13.8 Å². The molecular weight excluding hydrogens is 412 g/mol. The van der Waals surface area contributed by atoms with Crippen LogP contribution < -0.4 is 5.73 Å². The summed E-state index contributed by atoms with van der Waals surface area (Å²) in [7, 11) is -4.47. The molecule has 3 N–H and O–H groups in total. The molecule has 0 bridgehead atoms. The number of benzene rings is 3. The van der Waals surface area contributed by atoms with Crippen molar-refractivity contribution in [1.82, 2.24) is 4.98 Å². The fraction of sp³-hybridized carbons (Fsp3) is 0.0870. The molecule has 31 heavy (non-hydrogen) atoms. The first-order valence-electron chi connectivity index (χ1n) is 9.49. The molecule has 1 aromatic heterocycles. The van der Waals surface area contributed by atoms with Crippen LogP contribution in [-0.2, 0) is 10.1 Å². The van der Waals surface area contributed by atoms with Gasteiger partial charge in [-0.25, -0.2) is 0 Å². The predicted molar refractivity (Wildman–Crippen MR) is 121 cm³/mol. The molecule has 0 aliphatic carbocycles. The van der Waals surface area contributed by atoms with Crippen LogP contribution in [-0.4, -0.2) is 18.0 Å². The summed E-state index contributed by atoms with van der Waals surface area (Å²) in [4.78, 5) is 4.22. The Morgan fingerprint density at radius 2 is 1.58 bits per heavy atom. The number of anilines is 1. The molecule has 4 aromatic rings. The van der Waals surface area contributed by atoms with Crippen LogP contribution in [0.3, 0.4) is 0 Å². The van der Waals surface area contributed by atoms with Gasteiger partial charge in [0.05, 0.1) is 17.6 Å². The number of rotatable bonds is 4. The van der Waals surface area contributed by atoms with Crippen molar-refractivity contribution in [2.45, 2.75) is 18.7 Å². The van der Waals surface area contributed by atoms with Crippen molar-refractivity contribution in [3.63, 3.8) is 0 Å². The third-order valence-electron chi connectivity index (χ3n) is 5.06. The van der Waals surface area contributed by atoms with Gasteiger partial charge in [0, 0.05) is 16.3 Å². The van der Waals surface area contributed by atoms with Gasteiger partial charge in [-0.15, -0.1) is 10.2 Å². The van der Waals surface area contributed by atoms with Crippen molar-refractivity contribution in [2.75, 3.05) is 5.73 Å². The lowest BCUT2D eigenvalue weighted by Gasteiger charge is -2.09. The van der Waals surface area contributed by atoms with E-state index in [1.54, 1.807) is 36.5 Å². The molecule has 4 rings (SSSR count). The molecule has 0 aliphatic rings. The minimum atomic E-state index is -4.47. The van der Waals surface area contributed by atoms with E-state index in [1.807, 2.05) is 38.1 Å². The summed E-state index contributed by atoms with van der Waals surface area (Å²) in [6.07, 6.45) is 1.59. The number of hydrogen-bond acceptors (Lipinski definition) is 6. The fourth-order valence-electron chi connectivity index (χ4n) is 3.57. The van der Waals surface area contributed by atoms with E-state index in [0.717, 1.165) is 22.4 Å². The maximum atomic E-state index is 11.8. The first-order chi connectivity index (χ1) is 14.8. The molecule has 0 saturated carbocycles. The van der Waals surface area contributed by atoms with Gasteiger partial charge in [0.1, 0.15) is 16.3 Å². The molecule has 0 amide bonds. The molecule has 0 aliphatic heterocycles. The van der Waals surface area contributed by atoms with Gasteiger partial charge in [-0.3, -0.25) is 9.54 Å². The van der Waals surface area contributed by atoms with Crippen molar-refractivity contribution in [3.05, 3.63) is 78.0 Å². The van der Waals surface area contributed by atoms with Gasteiger partial charge in [0.15, 0.2) is 0 Å². The average Bonchev–Trinajstić information content (AvgIpc) is 2.73. The van der Waals surface area contributed by atoms with E-state index in [-0.39, 0.29) is 16.3 Å². The zero-order chi connectivity index (χ0) is 22.2. The highest BCUT2D eigenvalue weighted by Gasteiger charge is 2.18. The second-order valence-corrected chi connectivity index (χ2v) is 8.59. The fourth-order valence-corrected chi connectivity index (χ4v) is 4.29. The van der Waals surface area contributed by atoms with E-state index in [0.29, 0.717) is 16.5 Å². The molecule has 0 spiro atoms. The number of aryl methyl sites for hydroxylation is 2. The Balaban J connectivity index is 1.73. The molecule has 3 aromatic carbocycles. The summed E-state index contributed by atoms with van der Waals surface area (Å²) in [5.41, 5.74) is 11.2. The first kappa shape index (κ1) is 20.6. The number of azo groups is 1. The van der Waals surface area contributed by atoms with Crippen molar-refractivity contribution in [2.24, 2.45) is 10.2 Å². The van der Waals surface area contributed by atoms with Gasteiger partial charge in [0.25, 0.3) is 10.1 Å². The second kappa shape index (κ2) is 7.90. The lowest BCUT2D eigenvalue weighted by molar-refractivity contribution is 0.484. The van der Waals surface area contributed by atoms with E-state index < -0.39 is 10.1 Å². The Morgan fingerprint density at radius 1 is 0.903 bits per heavy atom. The molecule has 0 fully saturated rings. The lowest BCUT2D eigenvalue weighted by atomic mass is 10.00. The third-order valence-corrected chi connectivity index (χ3v) is 5.96. The number of nitrogen functional groups attached to an aromatic ring is 1. The van der Waals surface area contributed by atoms with Crippen LogP contribution in [0.5, 0.6) is 0 Å². The van der Waals surface area contributed by atoms with E-state index in [4.69, 9.17) is 5.73 Å². The van der Waals surface area contributed by atoms with Gasteiger partial charge >= 0.3 is 0 Å². The maximum Gasteiger partial charge on any atom is 0.295 e. The third kappa shape index (κ3) is 4.03. The van der Waals surface area contributed by atoms with Gasteiger partial charge in [0.2, 0.25) is 0 Å². The van der Waals surface area contributed by atoms with Crippen molar-refractivity contribution < 1.29 is 13.0 Å². The number of nitrogens with two attached hydrogens (primary N) is 1. The summed E-state index contributed by atoms with van der Waals surface area (Å²) in [5.74, 6) is 0. The molecule has 156 valence electrons. The molecule has 8 heteroatoms. The van der Waals surface area contributed by atoms with E-state index in [9.17, 15) is 13.0 Å². The first-order valence-corrected chi connectivity index (χ1v) is 10.9. The Kier molecular flexibility index (Phi) is 5.26. The number of fused-ring (bicyclic) bond motifs is 1. The minimum absolute atomic E-state index is 0.144. The Hall–Kier alpha value is -3.62. The van der Waals surface area contributed by atoms with Crippen LogP contribution in [0.25, 0.3) is 22.0 Å². The number of pyridine rings is 1. The monoisotopic (exact) mass is 432 g/mol. The molecule has 7 nitrogen and oxygen atoms in total. The Morgan fingerprint density at radius 3 is 2.19 bits per heavy atom. The molecular formula is C23H20N4O3S. The van der Waals surface area contributed by atoms with Crippen LogP contribution in [0.4, 0.5) is 17.1 Å². The lowest BCUT2D eigenvalue weighted by Crippen LogP contribution is -2.01. The van der Waals surface area contributed by atoms with Crippen molar-refractivity contribution >= 4 is 38.0 Å². The average molecular weight is 433 g/mol. The number of hydrogen-bond donors (Lipinski definition) is 2. The summed E-state index contributed by atoms with van der Waals surface area (Å²) in [6, 6.07) is 17.6. The summed E-state index contributed by atoms with van der Waals surface area (Å²) in [5, 5.41) is 9.06.